The average molecular weight is 949 g/mol. The predicted molar refractivity (Wildman–Crippen MR) is 282 cm³/mol. The van der Waals surface area contributed by atoms with Gasteiger partial charge in [0.1, 0.15) is 22.1 Å². The number of para-hydroxylation sites is 2. The van der Waals surface area contributed by atoms with Crippen molar-refractivity contribution in [3.8, 4) is 11.4 Å². The monoisotopic (exact) mass is 949 g/mol. The lowest BCUT2D eigenvalue weighted by molar-refractivity contribution is -0.134. The molecule has 0 saturated carbocycles. The smallest absolute Gasteiger partial charge is 0.300 e. The van der Waals surface area contributed by atoms with Crippen LogP contribution in [0.25, 0.3) is 32.1 Å². The van der Waals surface area contributed by atoms with E-state index in [4.69, 9.17) is 38.8 Å². The predicted octanol–water partition coefficient (Wildman–Crippen LogP) is 7.16. The number of aryl methyl sites for hydroxylation is 6. The summed E-state index contributed by atoms with van der Waals surface area (Å²) < 4.78 is 27.8. The molecule has 0 bridgehead atoms. The van der Waals surface area contributed by atoms with Crippen LogP contribution in [0.4, 0.5) is 16.5 Å². The fraction of sp³-hybridized carbons (Fsp3) is 0.222. The van der Waals surface area contributed by atoms with Crippen molar-refractivity contribution in [2.24, 2.45) is 0 Å². The molecule has 0 unspecified atom stereocenters. The Kier molecular flexibility index (Phi) is 20.6. The fourth-order valence-corrected chi connectivity index (χ4v) is 9.57. The average Bonchev–Trinajstić information content (AvgIpc) is 3.89. The van der Waals surface area contributed by atoms with E-state index in [1.807, 2.05) is 107 Å². The number of rotatable bonds is 7. The van der Waals surface area contributed by atoms with Gasteiger partial charge >= 0.3 is 0 Å². The lowest BCUT2D eigenvalue weighted by Crippen LogP contribution is -2.23. The van der Waals surface area contributed by atoms with Gasteiger partial charge in [0.15, 0.2) is 16.4 Å². The number of benzene rings is 4. The molecule has 22 heteroatoms. The minimum atomic E-state index is -3.46. The summed E-state index contributed by atoms with van der Waals surface area (Å²) in [7, 11) is 12.3. The summed E-state index contributed by atoms with van der Waals surface area (Å²) in [6, 6.07) is 27.4. The summed E-state index contributed by atoms with van der Waals surface area (Å²) in [5, 5.41) is 11.3. The molecule has 67 heavy (non-hydrogen) atoms. The second-order valence-corrected chi connectivity index (χ2v) is 19.2. The highest BCUT2D eigenvalue weighted by molar-refractivity contribution is 7.93. The van der Waals surface area contributed by atoms with Gasteiger partial charge < -0.3 is 16.2 Å². The second-order valence-electron chi connectivity index (χ2n) is 14.7. The van der Waals surface area contributed by atoms with Crippen LogP contribution < -0.4 is 22.2 Å². The Morgan fingerprint density at radius 1 is 0.761 bits per heavy atom. The van der Waals surface area contributed by atoms with E-state index in [-0.39, 0.29) is 39.0 Å². The van der Waals surface area contributed by atoms with Gasteiger partial charge in [0.25, 0.3) is 17.1 Å². The Morgan fingerprint density at radius 3 is 1.52 bits per heavy atom. The molecule has 0 aliphatic heterocycles. The maximum absolute atomic E-state index is 13.0. The van der Waals surface area contributed by atoms with Crippen LogP contribution in [0.5, 0.6) is 0 Å². The number of fused-ring (bicyclic) bond motifs is 2. The van der Waals surface area contributed by atoms with Crippen LogP contribution in [0.15, 0.2) is 112 Å². The number of nitrogens with one attached hydrogen (secondary N) is 1. The zero-order valence-electron chi connectivity index (χ0n) is 37.8. The molecule has 0 atom stereocenters. The van der Waals surface area contributed by atoms with Crippen LogP contribution in [0.1, 0.15) is 54.7 Å². The van der Waals surface area contributed by atoms with Crippen molar-refractivity contribution in [1.82, 2.24) is 29.1 Å². The van der Waals surface area contributed by atoms with E-state index in [9.17, 15) is 18.0 Å². The summed E-state index contributed by atoms with van der Waals surface area (Å²) in [6.07, 6.45) is 2.52. The first kappa shape index (κ1) is 55.1. The standard InChI is InChI=1S/C20H18N4OS.C16H17N3O3S2.C6H7N.C2H4O2.CH4.B5/c1-12-9-13(2)16(14(3)10-12)24-11-21-18-17(19(24)25)26-20(23-18)22-15-7-5-4-6-8-15;1-5-24(21,22)16-18-14-13(23-16)15(20)19(8-17-14)12-10(3)6-9(2)7-11(12)4;7-6-4-2-1-3-5-6;1-2(3)4;;1-4-5(2)3/h4-11H,1-3H3,(H,22,23);6-8H,5H2,1-4H3;1-5H,7H2;1H3,(H,3,4);1H4;. The van der Waals surface area contributed by atoms with Crippen LogP contribution in [-0.2, 0) is 14.6 Å². The number of carboxylic acids is 1. The maximum atomic E-state index is 13.0. The number of sulfone groups is 1. The van der Waals surface area contributed by atoms with Crippen molar-refractivity contribution in [3.05, 3.63) is 152 Å². The molecule has 0 fully saturated rings. The minimum Gasteiger partial charge on any atom is -0.481 e. The van der Waals surface area contributed by atoms with Crippen molar-refractivity contribution in [2.75, 3.05) is 16.8 Å². The van der Waals surface area contributed by atoms with Crippen molar-refractivity contribution in [3.63, 3.8) is 0 Å². The van der Waals surface area contributed by atoms with Gasteiger partial charge in [-0.05, 0) is 88.1 Å². The van der Waals surface area contributed by atoms with Crippen molar-refractivity contribution < 1.29 is 18.3 Å². The van der Waals surface area contributed by atoms with E-state index >= 15 is 0 Å². The molecule has 4 heterocycles. The van der Waals surface area contributed by atoms with Crippen LogP contribution in [0.2, 0.25) is 0 Å². The Bertz CT molecular complexity index is 3120. The number of carbonyl (C=O) groups is 1. The molecule has 4 aromatic heterocycles. The largest absolute Gasteiger partial charge is 0.481 e. The zero-order valence-corrected chi connectivity index (χ0v) is 40.3. The SMILES string of the molecule is C.CC(=O)O.CCS(=O)(=O)c1nc2ncn(-c3c(C)cc(C)cc3C)c(=O)c2s1.Cc1cc(C)c(-n2cnc3nc(Nc4ccccc4)sc3c2=O)c(C)c1.Nc1ccccc1.[B][B]B([B])[B]. The van der Waals surface area contributed by atoms with Gasteiger partial charge in [0.2, 0.25) is 14.2 Å². The van der Waals surface area contributed by atoms with Gasteiger partial charge in [-0.15, -0.1) is 0 Å². The topological polar surface area (TPSA) is 205 Å². The minimum absolute atomic E-state index is 0. The third kappa shape index (κ3) is 15.1. The summed E-state index contributed by atoms with van der Waals surface area (Å²) in [6.45, 7) is 14.6. The van der Waals surface area contributed by atoms with Gasteiger partial charge in [-0.1, -0.05) is 109 Å². The number of hydrogen-bond donors (Lipinski definition) is 3. The van der Waals surface area contributed by atoms with E-state index in [0.29, 0.717) is 15.5 Å². The van der Waals surface area contributed by atoms with Crippen LogP contribution >= 0.6 is 22.7 Å². The number of nitrogens with two attached hydrogens (primary N) is 1. The maximum Gasteiger partial charge on any atom is 0.300 e. The van der Waals surface area contributed by atoms with E-state index in [1.54, 1.807) is 17.8 Å². The number of hydrogen-bond acceptors (Lipinski definition) is 13. The molecule has 4 aromatic carbocycles. The van der Waals surface area contributed by atoms with E-state index in [0.717, 1.165) is 68.8 Å². The number of carboxylic acid groups (broad SMARTS) is 1. The highest BCUT2D eigenvalue weighted by Gasteiger charge is 2.21. The summed E-state index contributed by atoms with van der Waals surface area (Å²) in [5.41, 5.74) is 15.3. The third-order valence-corrected chi connectivity index (χ3v) is 13.2. The van der Waals surface area contributed by atoms with E-state index < -0.39 is 22.2 Å². The highest BCUT2D eigenvalue weighted by Crippen LogP contribution is 2.27. The lowest BCUT2D eigenvalue weighted by Gasteiger charge is -2.13. The first-order chi connectivity index (χ1) is 31.2. The molecular formula is C45H50B5N8O6S3. The van der Waals surface area contributed by atoms with E-state index in [1.165, 1.54) is 34.9 Å². The Hall–Kier alpha value is -6.24. The van der Waals surface area contributed by atoms with Crippen LogP contribution in [-0.4, -0.2) is 91.0 Å². The molecule has 0 amide bonds. The lowest BCUT2D eigenvalue weighted by atomic mass is 8.97. The third-order valence-electron chi connectivity index (χ3n) is 9.06. The molecule has 0 saturated heterocycles. The molecule has 4 N–H and O–H groups in total. The molecule has 8 rings (SSSR count). The second kappa shape index (κ2) is 25.1. The molecule has 8 aromatic rings. The normalized spacial score (nSPS) is 10.3. The fourth-order valence-electron chi connectivity index (χ4n) is 6.44. The van der Waals surface area contributed by atoms with Crippen LogP contribution in [0.3, 0.4) is 0 Å². The summed E-state index contributed by atoms with van der Waals surface area (Å²) >= 11 is 2.21. The molecule has 7 radical (unpaired) electrons. The molecule has 0 spiro atoms. The quantitative estimate of drug-likeness (QED) is 0.108. The van der Waals surface area contributed by atoms with Crippen molar-refractivity contribution in [2.45, 2.75) is 67.2 Å². The number of aromatic nitrogens is 6. The highest BCUT2D eigenvalue weighted by atomic mass is 32.2. The summed E-state index contributed by atoms with van der Waals surface area (Å²) in [4.78, 5) is 52.0. The number of nitrogen functional groups attached to an aromatic ring is 1. The molecule has 14 nitrogen and oxygen atoms in total. The number of anilines is 3. The molecule has 0 aliphatic rings. The van der Waals surface area contributed by atoms with E-state index in [2.05, 4.69) is 44.3 Å². The zero-order chi connectivity index (χ0) is 48.9. The molecule has 339 valence electrons. The Balaban J connectivity index is 0.000000266. The Morgan fingerprint density at radius 2 is 1.15 bits per heavy atom. The number of aliphatic carboxylic acids is 1. The van der Waals surface area contributed by atoms with Gasteiger partial charge in [-0.3, -0.25) is 23.5 Å². The van der Waals surface area contributed by atoms with Crippen molar-refractivity contribution >= 4 is 112 Å². The first-order valence-corrected chi connectivity index (χ1v) is 23.5. The molecule has 0 aliphatic carbocycles. The Labute approximate surface area is 404 Å². The van der Waals surface area contributed by atoms with Gasteiger partial charge in [0.05, 0.1) is 17.1 Å². The van der Waals surface area contributed by atoms with Gasteiger partial charge in [0, 0.05) is 55.0 Å². The molecular weight excluding hydrogens is 899 g/mol. The van der Waals surface area contributed by atoms with Crippen LogP contribution in [0, 0.1) is 41.5 Å². The van der Waals surface area contributed by atoms with Crippen molar-refractivity contribution in [1.29, 1.82) is 0 Å². The number of nitrogens with zero attached hydrogens (tertiary/aromatic N) is 6. The van der Waals surface area contributed by atoms with Gasteiger partial charge in [-0.25, -0.2) is 23.4 Å². The number of thiazole rings is 2. The summed E-state index contributed by atoms with van der Waals surface area (Å²) in [5.74, 6) is -0.892. The first-order valence-electron chi connectivity index (χ1n) is 20.2. The van der Waals surface area contributed by atoms with Gasteiger partial charge in [-0.2, -0.15) is 4.98 Å².